The van der Waals surface area contributed by atoms with Crippen LogP contribution in [0.3, 0.4) is 0 Å². The van der Waals surface area contributed by atoms with Gasteiger partial charge in [-0.1, -0.05) is 20.8 Å². The van der Waals surface area contributed by atoms with E-state index in [0.717, 1.165) is 12.8 Å². The van der Waals surface area contributed by atoms with Gasteiger partial charge < -0.3 is 9.16 Å². The molecule has 0 heterocycles. The molecule has 0 aromatic heterocycles. The third kappa shape index (κ3) is 2.83. The lowest BCUT2D eigenvalue weighted by Gasteiger charge is -2.51. The van der Waals surface area contributed by atoms with Crippen molar-refractivity contribution >= 4 is 8.32 Å². The molecule has 15 heavy (non-hydrogen) atoms. The summed E-state index contributed by atoms with van der Waals surface area (Å²) in [5, 5.41) is 0.300. The molecule has 90 valence electrons. The largest absolute Gasteiger partial charge is 0.411 e. The standard InChI is InChI=1S/C12H26O2Si/c1-11(2,3)15(6,7)14-12(4)8-10(9-12)13-5/h10H,8-9H2,1-7H3. The lowest BCUT2D eigenvalue weighted by Crippen LogP contribution is -2.56. The molecule has 0 aromatic rings. The van der Waals surface area contributed by atoms with Gasteiger partial charge in [-0.3, -0.25) is 0 Å². The van der Waals surface area contributed by atoms with Crippen LogP contribution in [-0.4, -0.2) is 27.1 Å². The van der Waals surface area contributed by atoms with Gasteiger partial charge in [0, 0.05) is 20.0 Å². The van der Waals surface area contributed by atoms with Crippen LogP contribution in [0.5, 0.6) is 0 Å². The van der Waals surface area contributed by atoms with Crippen molar-refractivity contribution in [3.05, 3.63) is 0 Å². The van der Waals surface area contributed by atoms with Crippen LogP contribution in [0.1, 0.15) is 40.5 Å². The molecule has 0 spiro atoms. The molecule has 0 atom stereocenters. The fourth-order valence-corrected chi connectivity index (χ4v) is 3.63. The number of ether oxygens (including phenoxy) is 1. The van der Waals surface area contributed by atoms with Crippen molar-refractivity contribution < 1.29 is 9.16 Å². The predicted octanol–water partition coefficient (Wildman–Crippen LogP) is 3.58. The lowest BCUT2D eigenvalue weighted by atomic mass is 9.79. The molecule has 0 aliphatic heterocycles. The first-order valence-electron chi connectivity index (χ1n) is 5.83. The monoisotopic (exact) mass is 230 g/mol. The smallest absolute Gasteiger partial charge is 0.192 e. The molecule has 0 unspecified atom stereocenters. The molecule has 0 aromatic carbocycles. The number of rotatable bonds is 3. The van der Waals surface area contributed by atoms with E-state index < -0.39 is 8.32 Å². The zero-order chi connectivity index (χ0) is 11.9. The molecule has 1 aliphatic rings. The maximum absolute atomic E-state index is 6.42. The zero-order valence-corrected chi connectivity index (χ0v) is 12.3. The number of hydrogen-bond donors (Lipinski definition) is 0. The van der Waals surface area contributed by atoms with E-state index in [9.17, 15) is 0 Å². The molecule has 0 N–H and O–H groups in total. The first-order chi connectivity index (χ1) is 6.60. The van der Waals surface area contributed by atoms with E-state index in [4.69, 9.17) is 9.16 Å². The highest BCUT2D eigenvalue weighted by Crippen LogP contribution is 2.45. The van der Waals surface area contributed by atoms with Crippen LogP contribution in [0.15, 0.2) is 0 Å². The number of methoxy groups -OCH3 is 1. The van der Waals surface area contributed by atoms with Crippen LogP contribution in [-0.2, 0) is 9.16 Å². The van der Waals surface area contributed by atoms with Crippen molar-refractivity contribution in [3.63, 3.8) is 0 Å². The van der Waals surface area contributed by atoms with E-state index in [2.05, 4.69) is 40.8 Å². The summed E-state index contributed by atoms with van der Waals surface area (Å²) in [5.74, 6) is 0. The summed E-state index contributed by atoms with van der Waals surface area (Å²) in [6.07, 6.45) is 2.52. The second kappa shape index (κ2) is 3.86. The summed E-state index contributed by atoms with van der Waals surface area (Å²) in [7, 11) is 0.180. The van der Waals surface area contributed by atoms with Crippen LogP contribution >= 0.6 is 0 Å². The Balaban J connectivity index is 2.56. The quantitative estimate of drug-likeness (QED) is 0.690. The van der Waals surface area contributed by atoms with Crippen molar-refractivity contribution in [1.29, 1.82) is 0 Å². The van der Waals surface area contributed by atoms with Crippen molar-refractivity contribution in [2.75, 3.05) is 7.11 Å². The molecule has 0 bridgehead atoms. The maximum atomic E-state index is 6.42. The third-order valence-corrected chi connectivity index (χ3v) is 8.58. The average Bonchev–Trinajstić information content (AvgIpc) is 1.96. The second-order valence-corrected chi connectivity index (χ2v) is 11.3. The van der Waals surface area contributed by atoms with Gasteiger partial charge in [-0.25, -0.2) is 0 Å². The Morgan fingerprint density at radius 2 is 1.67 bits per heavy atom. The summed E-state index contributed by atoms with van der Waals surface area (Å²) < 4.78 is 11.7. The van der Waals surface area contributed by atoms with Gasteiger partial charge >= 0.3 is 0 Å². The van der Waals surface area contributed by atoms with Gasteiger partial charge in [0.1, 0.15) is 0 Å². The van der Waals surface area contributed by atoms with Crippen LogP contribution in [0, 0.1) is 0 Å². The van der Waals surface area contributed by atoms with Gasteiger partial charge in [-0.2, -0.15) is 0 Å². The van der Waals surface area contributed by atoms with Crippen LogP contribution < -0.4 is 0 Å². The summed E-state index contributed by atoms with van der Waals surface area (Å²) >= 11 is 0. The molecule has 3 heteroatoms. The van der Waals surface area contributed by atoms with E-state index >= 15 is 0 Å². The Kier molecular flexibility index (Phi) is 3.40. The molecule has 0 saturated heterocycles. The van der Waals surface area contributed by atoms with Crippen LogP contribution in [0.25, 0.3) is 0 Å². The Bertz CT molecular complexity index is 224. The average molecular weight is 230 g/mol. The fraction of sp³-hybridized carbons (Fsp3) is 1.00. The van der Waals surface area contributed by atoms with Crippen molar-refractivity contribution in [3.8, 4) is 0 Å². The van der Waals surface area contributed by atoms with Crippen LogP contribution in [0.2, 0.25) is 18.1 Å². The highest BCUT2D eigenvalue weighted by molar-refractivity contribution is 6.74. The number of hydrogen-bond acceptors (Lipinski definition) is 2. The lowest BCUT2D eigenvalue weighted by molar-refractivity contribution is -0.106. The minimum absolute atomic E-state index is 0.0731. The highest BCUT2D eigenvalue weighted by Gasteiger charge is 2.48. The molecular formula is C12H26O2Si. The molecular weight excluding hydrogens is 204 g/mol. The van der Waals surface area contributed by atoms with E-state index in [1.807, 2.05) is 0 Å². The highest BCUT2D eigenvalue weighted by atomic mass is 28.4. The van der Waals surface area contributed by atoms with E-state index in [-0.39, 0.29) is 5.60 Å². The van der Waals surface area contributed by atoms with Gasteiger partial charge in [-0.05, 0) is 25.1 Å². The predicted molar refractivity (Wildman–Crippen MR) is 66.7 cm³/mol. The second-order valence-electron chi connectivity index (χ2n) is 6.58. The molecule has 0 amide bonds. The van der Waals surface area contributed by atoms with Gasteiger partial charge in [0.05, 0.1) is 11.7 Å². The van der Waals surface area contributed by atoms with Crippen molar-refractivity contribution in [2.45, 2.75) is 70.4 Å². The maximum Gasteiger partial charge on any atom is 0.192 e. The van der Waals surface area contributed by atoms with E-state index in [1.54, 1.807) is 7.11 Å². The van der Waals surface area contributed by atoms with Crippen molar-refractivity contribution in [2.24, 2.45) is 0 Å². The van der Waals surface area contributed by atoms with Gasteiger partial charge in [0.2, 0.25) is 0 Å². The Hall–Kier alpha value is 0.137. The van der Waals surface area contributed by atoms with E-state index in [0.29, 0.717) is 11.1 Å². The molecule has 0 radical (unpaired) electrons. The minimum atomic E-state index is -1.61. The van der Waals surface area contributed by atoms with Gasteiger partial charge in [0.15, 0.2) is 8.32 Å². The molecule has 1 fully saturated rings. The third-order valence-electron chi connectivity index (χ3n) is 3.96. The molecule has 2 nitrogen and oxygen atoms in total. The normalized spacial score (nSPS) is 32.6. The Labute approximate surface area is 95.5 Å². The SMILES string of the molecule is COC1CC(C)(O[Si](C)(C)C(C)(C)C)C1. The minimum Gasteiger partial charge on any atom is -0.411 e. The first-order valence-corrected chi connectivity index (χ1v) is 8.73. The van der Waals surface area contributed by atoms with Crippen molar-refractivity contribution in [1.82, 2.24) is 0 Å². The summed E-state index contributed by atoms with van der Waals surface area (Å²) in [6.45, 7) is 13.7. The Morgan fingerprint density at radius 1 is 1.20 bits per heavy atom. The zero-order valence-electron chi connectivity index (χ0n) is 11.3. The van der Waals surface area contributed by atoms with Gasteiger partial charge in [0.25, 0.3) is 0 Å². The molecule has 1 aliphatic carbocycles. The first kappa shape index (κ1) is 13.2. The summed E-state index contributed by atoms with van der Waals surface area (Å²) in [5.41, 5.74) is 0.0731. The Morgan fingerprint density at radius 3 is 2.00 bits per heavy atom. The molecule has 1 rings (SSSR count). The topological polar surface area (TPSA) is 18.5 Å². The molecule has 1 saturated carbocycles. The van der Waals surface area contributed by atoms with Crippen LogP contribution in [0.4, 0.5) is 0 Å². The fourth-order valence-electron chi connectivity index (χ4n) is 1.92. The van der Waals surface area contributed by atoms with E-state index in [1.165, 1.54) is 0 Å². The summed E-state index contributed by atoms with van der Waals surface area (Å²) in [6, 6.07) is 0. The van der Waals surface area contributed by atoms with Gasteiger partial charge in [-0.15, -0.1) is 0 Å². The summed E-state index contributed by atoms with van der Waals surface area (Å²) in [4.78, 5) is 0.